The monoisotopic (exact) mass is 323 g/mol. The summed E-state index contributed by atoms with van der Waals surface area (Å²) < 4.78 is 5.74. The number of hydrogen-bond donors (Lipinski definition) is 1. The Bertz CT molecular complexity index is 721. The largest absolute Gasteiger partial charge is 0.446 e. The predicted molar refractivity (Wildman–Crippen MR) is 97.1 cm³/mol. The molecule has 0 unspecified atom stereocenters. The third-order valence-corrected chi connectivity index (χ3v) is 5.79. The molecule has 2 saturated carbocycles. The first-order valence-electron chi connectivity index (χ1n) is 9.25. The van der Waals surface area contributed by atoms with Gasteiger partial charge in [-0.2, -0.15) is 0 Å². The van der Waals surface area contributed by atoms with Crippen molar-refractivity contribution in [1.82, 2.24) is 0 Å². The van der Waals surface area contributed by atoms with Gasteiger partial charge in [-0.3, -0.25) is 5.32 Å². The topological polar surface area (TPSA) is 38.3 Å². The van der Waals surface area contributed by atoms with E-state index in [9.17, 15) is 4.79 Å². The molecule has 0 heterocycles. The van der Waals surface area contributed by atoms with Crippen LogP contribution in [0.3, 0.4) is 0 Å². The van der Waals surface area contributed by atoms with E-state index >= 15 is 0 Å². The molecule has 2 aromatic carbocycles. The Balaban J connectivity index is 1.39. The van der Waals surface area contributed by atoms with Crippen molar-refractivity contribution in [2.24, 2.45) is 11.8 Å². The Morgan fingerprint density at radius 1 is 0.917 bits per heavy atom. The average molecular weight is 323 g/mol. The maximum atomic E-state index is 12.4. The molecule has 2 aliphatic carbocycles. The molecular formula is C21H25NO2. The third kappa shape index (κ3) is 3.26. The van der Waals surface area contributed by atoms with Crippen LogP contribution in [-0.2, 0) is 4.74 Å². The van der Waals surface area contributed by atoms with Crippen LogP contribution >= 0.6 is 0 Å². The number of rotatable bonds is 2. The Hall–Kier alpha value is -2.03. The first-order valence-corrected chi connectivity index (χ1v) is 9.25. The van der Waals surface area contributed by atoms with E-state index < -0.39 is 0 Å². The Morgan fingerprint density at radius 3 is 2.62 bits per heavy atom. The highest BCUT2D eigenvalue weighted by Crippen LogP contribution is 2.41. The molecule has 2 fully saturated rings. The summed E-state index contributed by atoms with van der Waals surface area (Å²) in [6.07, 6.45) is 8.47. The average Bonchev–Trinajstić information content (AvgIpc) is 2.62. The van der Waals surface area contributed by atoms with E-state index in [-0.39, 0.29) is 12.2 Å². The van der Waals surface area contributed by atoms with Gasteiger partial charge in [-0.05, 0) is 42.6 Å². The van der Waals surface area contributed by atoms with Crippen LogP contribution in [0.25, 0.3) is 10.8 Å². The molecule has 0 bridgehead atoms. The lowest BCUT2D eigenvalue weighted by molar-refractivity contribution is 0.0339. The summed E-state index contributed by atoms with van der Waals surface area (Å²) in [6, 6.07) is 14.0. The number of fused-ring (bicyclic) bond motifs is 2. The third-order valence-electron chi connectivity index (χ3n) is 5.79. The molecule has 3 nitrogen and oxygen atoms in total. The zero-order valence-corrected chi connectivity index (χ0v) is 14.0. The van der Waals surface area contributed by atoms with Crippen LogP contribution in [0.1, 0.15) is 44.9 Å². The molecule has 2 aliphatic rings. The molecule has 0 spiro atoms. The Morgan fingerprint density at radius 2 is 1.71 bits per heavy atom. The van der Waals surface area contributed by atoms with Gasteiger partial charge in [0, 0.05) is 5.39 Å². The molecule has 126 valence electrons. The van der Waals surface area contributed by atoms with Crippen LogP contribution in [0, 0.1) is 11.8 Å². The Kier molecular flexibility index (Phi) is 4.42. The van der Waals surface area contributed by atoms with Gasteiger partial charge in [-0.15, -0.1) is 0 Å². The van der Waals surface area contributed by atoms with Crippen molar-refractivity contribution in [2.75, 3.05) is 5.32 Å². The highest BCUT2D eigenvalue weighted by Gasteiger charge is 2.33. The minimum atomic E-state index is -0.314. The molecule has 1 N–H and O–H groups in total. The van der Waals surface area contributed by atoms with Crippen LogP contribution in [0.5, 0.6) is 0 Å². The van der Waals surface area contributed by atoms with Crippen LogP contribution in [-0.4, -0.2) is 12.2 Å². The maximum absolute atomic E-state index is 12.4. The van der Waals surface area contributed by atoms with E-state index in [0.29, 0.717) is 0 Å². The lowest BCUT2D eigenvalue weighted by atomic mass is 9.70. The number of ether oxygens (including phenoxy) is 1. The Labute approximate surface area is 143 Å². The van der Waals surface area contributed by atoms with Crippen LogP contribution in [0.2, 0.25) is 0 Å². The van der Waals surface area contributed by atoms with Crippen molar-refractivity contribution in [3.05, 3.63) is 42.5 Å². The second kappa shape index (κ2) is 6.84. The normalized spacial score (nSPS) is 26.6. The van der Waals surface area contributed by atoms with Gasteiger partial charge in [-0.1, -0.05) is 62.1 Å². The quantitative estimate of drug-likeness (QED) is 0.764. The molecule has 24 heavy (non-hydrogen) atoms. The summed E-state index contributed by atoms with van der Waals surface area (Å²) in [5.74, 6) is 1.64. The molecule has 3 heteroatoms. The second-order valence-corrected chi connectivity index (χ2v) is 7.30. The van der Waals surface area contributed by atoms with E-state index in [0.717, 1.165) is 41.1 Å². The first-order chi connectivity index (χ1) is 11.8. The molecule has 1 amide bonds. The zero-order chi connectivity index (χ0) is 16.4. The molecule has 0 aromatic heterocycles. The van der Waals surface area contributed by atoms with Gasteiger partial charge in [-0.25, -0.2) is 4.79 Å². The summed E-state index contributed by atoms with van der Waals surface area (Å²) in [6.45, 7) is 0. The molecule has 0 radical (unpaired) electrons. The van der Waals surface area contributed by atoms with Gasteiger partial charge < -0.3 is 4.74 Å². The van der Waals surface area contributed by atoms with Gasteiger partial charge >= 0.3 is 6.09 Å². The number of benzene rings is 2. The van der Waals surface area contributed by atoms with Crippen molar-refractivity contribution < 1.29 is 9.53 Å². The van der Waals surface area contributed by atoms with Crippen molar-refractivity contribution in [1.29, 1.82) is 0 Å². The maximum Gasteiger partial charge on any atom is 0.411 e. The lowest BCUT2D eigenvalue weighted by Gasteiger charge is -2.38. The number of amides is 1. The van der Waals surface area contributed by atoms with Gasteiger partial charge in [0.1, 0.15) is 6.10 Å². The summed E-state index contributed by atoms with van der Waals surface area (Å²) in [5, 5.41) is 5.12. The first kappa shape index (κ1) is 15.5. The number of carbonyl (C=O) groups is 1. The minimum Gasteiger partial charge on any atom is -0.446 e. The SMILES string of the molecule is O=C(Nc1cccc2ccccc12)O[C@@H]1CC[C@H]2CCCC[C@H]2C1. The predicted octanol–water partition coefficient (Wildman–Crippen LogP) is 5.75. The number of hydrogen-bond acceptors (Lipinski definition) is 2. The minimum absolute atomic E-state index is 0.0827. The summed E-state index contributed by atoms with van der Waals surface area (Å²) >= 11 is 0. The van der Waals surface area contributed by atoms with Crippen molar-refractivity contribution in [3.63, 3.8) is 0 Å². The fourth-order valence-electron chi connectivity index (χ4n) is 4.56. The van der Waals surface area contributed by atoms with Crippen molar-refractivity contribution in [3.8, 4) is 0 Å². The van der Waals surface area contributed by atoms with E-state index in [1.165, 1.54) is 32.1 Å². The number of anilines is 1. The van der Waals surface area contributed by atoms with Gasteiger partial charge in [0.2, 0.25) is 0 Å². The van der Waals surface area contributed by atoms with Gasteiger partial charge in [0.25, 0.3) is 0 Å². The lowest BCUT2D eigenvalue weighted by Crippen LogP contribution is -2.34. The van der Waals surface area contributed by atoms with E-state index in [4.69, 9.17) is 4.74 Å². The summed E-state index contributed by atoms with van der Waals surface area (Å²) in [5.41, 5.74) is 0.824. The van der Waals surface area contributed by atoms with Gasteiger partial charge in [0.05, 0.1) is 5.69 Å². The fraction of sp³-hybridized carbons (Fsp3) is 0.476. The summed E-state index contributed by atoms with van der Waals surface area (Å²) in [7, 11) is 0. The fourth-order valence-corrected chi connectivity index (χ4v) is 4.56. The highest BCUT2D eigenvalue weighted by atomic mass is 16.6. The van der Waals surface area contributed by atoms with E-state index in [1.54, 1.807) is 0 Å². The molecule has 0 saturated heterocycles. The van der Waals surface area contributed by atoms with Crippen molar-refractivity contribution in [2.45, 2.75) is 51.0 Å². The summed E-state index contributed by atoms with van der Waals surface area (Å²) in [4.78, 5) is 12.4. The number of carbonyl (C=O) groups excluding carboxylic acids is 1. The van der Waals surface area contributed by atoms with Crippen LogP contribution < -0.4 is 5.32 Å². The van der Waals surface area contributed by atoms with Gasteiger partial charge in [0.15, 0.2) is 0 Å². The second-order valence-electron chi connectivity index (χ2n) is 7.30. The molecule has 4 rings (SSSR count). The molecule has 2 aromatic rings. The standard InChI is InChI=1S/C21H25NO2/c23-21(22-20-11-5-9-16-7-3-4-10-19(16)20)24-18-13-12-15-6-1-2-8-17(15)14-18/h3-5,7,9-11,15,17-18H,1-2,6,8,12-14H2,(H,22,23)/t15-,17+,18-/m1/s1. The number of nitrogens with one attached hydrogen (secondary N) is 1. The highest BCUT2D eigenvalue weighted by molar-refractivity contribution is 6.00. The zero-order valence-electron chi connectivity index (χ0n) is 14.0. The molecule has 3 atom stereocenters. The van der Waals surface area contributed by atoms with Crippen LogP contribution in [0.15, 0.2) is 42.5 Å². The molecule has 0 aliphatic heterocycles. The van der Waals surface area contributed by atoms with Crippen LogP contribution in [0.4, 0.5) is 10.5 Å². The van der Waals surface area contributed by atoms with Crippen molar-refractivity contribution >= 4 is 22.6 Å². The van der Waals surface area contributed by atoms with E-state index in [2.05, 4.69) is 17.4 Å². The molecular weight excluding hydrogens is 298 g/mol. The smallest absolute Gasteiger partial charge is 0.411 e. The van der Waals surface area contributed by atoms with E-state index in [1.807, 2.05) is 30.3 Å².